The normalized spacial score (nSPS) is 19.6. The number of hydrogen-bond donors (Lipinski definition) is 0. The Morgan fingerprint density at radius 3 is 2.54 bits per heavy atom. The van der Waals surface area contributed by atoms with Crippen LogP contribution in [0.25, 0.3) is 17.4 Å². The van der Waals surface area contributed by atoms with Gasteiger partial charge in [0, 0.05) is 17.7 Å². The molecule has 1 amide bonds. The quantitative estimate of drug-likeness (QED) is 0.561. The van der Waals surface area contributed by atoms with Crippen molar-refractivity contribution < 1.29 is 19.1 Å². The number of carbonyl (C=O) groups is 2. The van der Waals surface area contributed by atoms with E-state index in [1.165, 1.54) is 30.3 Å². The topological polar surface area (TPSA) is 73.6 Å². The number of amides is 1. The monoisotopic (exact) mass is 412 g/mol. The molecule has 0 spiro atoms. The van der Waals surface area contributed by atoms with E-state index in [-0.39, 0.29) is 17.5 Å². The van der Waals surface area contributed by atoms with Crippen LogP contribution in [0.4, 0.5) is 0 Å². The van der Waals surface area contributed by atoms with Crippen molar-refractivity contribution in [2.24, 2.45) is 0 Å². The summed E-state index contributed by atoms with van der Waals surface area (Å²) < 4.78 is 6.45. The number of carboxylic acids is 1. The molecule has 0 atom stereocenters. The summed E-state index contributed by atoms with van der Waals surface area (Å²) in [6.07, 6.45) is 7.23. The molecule has 1 aliphatic heterocycles. The molecule has 28 heavy (non-hydrogen) atoms. The van der Waals surface area contributed by atoms with Gasteiger partial charge in [0.05, 0.1) is 10.9 Å². The molecule has 2 fully saturated rings. The number of aromatic carboxylic acids is 1. The second-order valence-electron chi connectivity index (χ2n) is 6.91. The molecule has 2 aromatic rings. The Kier molecular flexibility index (Phi) is 5.37. The van der Waals surface area contributed by atoms with Gasteiger partial charge in [0.1, 0.15) is 15.8 Å². The number of rotatable bonds is 4. The number of furan rings is 1. The zero-order chi connectivity index (χ0) is 19.7. The van der Waals surface area contributed by atoms with Crippen molar-refractivity contribution >= 4 is 46.3 Å². The third kappa shape index (κ3) is 3.77. The molecule has 0 radical (unpaired) electrons. The molecule has 7 heteroatoms. The molecule has 0 bridgehead atoms. The fraction of sp³-hybridized carbons (Fsp3) is 0.286. The molecule has 4 rings (SSSR count). The van der Waals surface area contributed by atoms with Crippen molar-refractivity contribution in [3.63, 3.8) is 0 Å². The van der Waals surface area contributed by atoms with Gasteiger partial charge in [-0.05, 0) is 30.5 Å². The van der Waals surface area contributed by atoms with E-state index in [4.69, 9.17) is 16.6 Å². The van der Waals surface area contributed by atoms with Crippen molar-refractivity contribution in [1.29, 1.82) is 0 Å². The number of thioether (sulfide) groups is 1. The van der Waals surface area contributed by atoms with E-state index in [9.17, 15) is 14.7 Å². The van der Waals surface area contributed by atoms with E-state index in [1.807, 2.05) is 0 Å². The van der Waals surface area contributed by atoms with Crippen LogP contribution in [0.15, 0.2) is 45.7 Å². The minimum Gasteiger partial charge on any atom is -0.545 e. The maximum absolute atomic E-state index is 12.8. The van der Waals surface area contributed by atoms with E-state index in [0.717, 1.165) is 31.2 Å². The highest BCUT2D eigenvalue weighted by Gasteiger charge is 2.37. The number of nitrogens with zero attached hydrogens (tertiary/aromatic N) is 1. The predicted molar refractivity (Wildman–Crippen MR) is 110 cm³/mol. The van der Waals surface area contributed by atoms with Gasteiger partial charge in [-0.15, -0.1) is 0 Å². The lowest BCUT2D eigenvalue weighted by molar-refractivity contribution is -0.255. The van der Waals surface area contributed by atoms with Gasteiger partial charge >= 0.3 is 0 Å². The maximum Gasteiger partial charge on any atom is 0.266 e. The second-order valence-corrected chi connectivity index (χ2v) is 8.59. The summed E-state index contributed by atoms with van der Waals surface area (Å²) in [7, 11) is 0. The van der Waals surface area contributed by atoms with Gasteiger partial charge in [-0.25, -0.2) is 0 Å². The third-order valence-corrected chi connectivity index (χ3v) is 6.40. The van der Waals surface area contributed by atoms with E-state index in [1.54, 1.807) is 35.2 Å². The van der Waals surface area contributed by atoms with Crippen molar-refractivity contribution in [1.82, 2.24) is 4.90 Å². The number of thiocarbonyl (C=S) groups is 1. The third-order valence-electron chi connectivity index (χ3n) is 5.07. The summed E-state index contributed by atoms with van der Waals surface area (Å²) in [6, 6.07) is 10.1. The molecule has 1 saturated heterocycles. The van der Waals surface area contributed by atoms with Crippen LogP contribution in [0, 0.1) is 0 Å². The SMILES string of the molecule is O=C([O-])c1ccc(-c2ccc(/C=C3/SC(=S)N(C4CCCCC4)C3=O)o2)cc1. The second kappa shape index (κ2) is 7.93. The number of hydrogen-bond acceptors (Lipinski definition) is 6. The van der Waals surface area contributed by atoms with Gasteiger partial charge < -0.3 is 14.3 Å². The Bertz CT molecular complexity index is 955. The van der Waals surface area contributed by atoms with Gasteiger partial charge in [0.2, 0.25) is 0 Å². The largest absolute Gasteiger partial charge is 0.545 e. The summed E-state index contributed by atoms with van der Waals surface area (Å²) in [5.41, 5.74) is 0.862. The van der Waals surface area contributed by atoms with Gasteiger partial charge in [-0.2, -0.15) is 0 Å². The highest BCUT2D eigenvalue weighted by Crippen LogP contribution is 2.37. The zero-order valence-electron chi connectivity index (χ0n) is 15.1. The summed E-state index contributed by atoms with van der Waals surface area (Å²) in [5.74, 6) is -0.105. The number of benzene rings is 1. The van der Waals surface area contributed by atoms with E-state index in [0.29, 0.717) is 20.7 Å². The average molecular weight is 413 g/mol. The van der Waals surface area contributed by atoms with Crippen molar-refractivity contribution in [3.8, 4) is 11.3 Å². The first-order valence-corrected chi connectivity index (χ1v) is 10.4. The van der Waals surface area contributed by atoms with Crippen LogP contribution in [0.2, 0.25) is 0 Å². The van der Waals surface area contributed by atoms with Crippen LogP contribution < -0.4 is 5.11 Å². The molecule has 0 unspecified atom stereocenters. The molecule has 5 nitrogen and oxygen atoms in total. The highest BCUT2D eigenvalue weighted by molar-refractivity contribution is 8.26. The number of carboxylic acid groups (broad SMARTS) is 1. The molecule has 1 aromatic carbocycles. The van der Waals surface area contributed by atoms with Crippen molar-refractivity contribution in [2.75, 3.05) is 0 Å². The Labute approximate surface area is 172 Å². The smallest absolute Gasteiger partial charge is 0.266 e. The van der Waals surface area contributed by atoms with Gasteiger partial charge in [-0.1, -0.05) is 67.5 Å². The lowest BCUT2D eigenvalue weighted by Crippen LogP contribution is -2.39. The lowest BCUT2D eigenvalue weighted by atomic mass is 9.94. The van der Waals surface area contributed by atoms with E-state index >= 15 is 0 Å². The molecular weight excluding hydrogens is 394 g/mol. The maximum atomic E-state index is 12.8. The van der Waals surface area contributed by atoms with Crippen LogP contribution in [0.3, 0.4) is 0 Å². The Balaban J connectivity index is 1.52. The first kappa shape index (κ1) is 19.0. The van der Waals surface area contributed by atoms with Gasteiger partial charge in [0.25, 0.3) is 5.91 Å². The van der Waals surface area contributed by atoms with Crippen LogP contribution in [0.1, 0.15) is 48.2 Å². The fourth-order valence-electron chi connectivity index (χ4n) is 3.62. The fourth-order valence-corrected chi connectivity index (χ4v) is 5.00. The van der Waals surface area contributed by atoms with Crippen LogP contribution in [-0.4, -0.2) is 27.1 Å². The van der Waals surface area contributed by atoms with Gasteiger partial charge in [0.15, 0.2) is 0 Å². The molecule has 1 aromatic heterocycles. The Morgan fingerprint density at radius 2 is 1.86 bits per heavy atom. The van der Waals surface area contributed by atoms with Crippen LogP contribution in [0.5, 0.6) is 0 Å². The van der Waals surface area contributed by atoms with E-state index < -0.39 is 5.97 Å². The highest BCUT2D eigenvalue weighted by atomic mass is 32.2. The molecule has 2 heterocycles. The minimum absolute atomic E-state index is 0.0434. The summed E-state index contributed by atoms with van der Waals surface area (Å²) in [4.78, 5) is 26.0. The standard InChI is InChI=1S/C21H19NO4S2/c23-19-18(28-21(27)22(19)15-4-2-1-3-5-15)12-16-10-11-17(26-16)13-6-8-14(9-7-13)20(24)25/h6-12,15H,1-5H2,(H,24,25)/p-1/b18-12+. The van der Waals surface area contributed by atoms with Crippen molar-refractivity contribution in [2.45, 2.75) is 38.1 Å². The predicted octanol–water partition coefficient (Wildman–Crippen LogP) is 3.84. The lowest BCUT2D eigenvalue weighted by Gasteiger charge is -2.29. The summed E-state index contributed by atoms with van der Waals surface area (Å²) >= 11 is 6.77. The molecule has 0 N–H and O–H groups in total. The molecule has 144 valence electrons. The van der Waals surface area contributed by atoms with Gasteiger partial charge in [-0.3, -0.25) is 9.69 Å². The molecule has 1 aliphatic carbocycles. The molecule has 2 aliphatic rings. The number of carbonyl (C=O) groups excluding carboxylic acids is 2. The first-order chi connectivity index (χ1) is 13.5. The van der Waals surface area contributed by atoms with Crippen LogP contribution >= 0.6 is 24.0 Å². The summed E-state index contributed by atoms with van der Waals surface area (Å²) in [6.45, 7) is 0. The minimum atomic E-state index is -1.22. The summed E-state index contributed by atoms with van der Waals surface area (Å²) in [5, 5.41) is 10.9. The van der Waals surface area contributed by atoms with Crippen molar-refractivity contribution in [3.05, 3.63) is 52.6 Å². The Morgan fingerprint density at radius 1 is 1.14 bits per heavy atom. The van der Waals surface area contributed by atoms with Crippen LogP contribution in [-0.2, 0) is 4.79 Å². The first-order valence-electron chi connectivity index (χ1n) is 9.21. The van der Waals surface area contributed by atoms with E-state index in [2.05, 4.69) is 0 Å². The zero-order valence-corrected chi connectivity index (χ0v) is 16.7. The molecular formula is C21H18NO4S2-. The molecule has 1 saturated carbocycles. The average Bonchev–Trinajstić information content (AvgIpc) is 3.27. The Hall–Kier alpha value is -2.38.